The van der Waals surface area contributed by atoms with E-state index in [-0.39, 0.29) is 17.5 Å². The number of amides is 2. The number of carbonyl (C=O) groups is 2. The van der Waals surface area contributed by atoms with Crippen LogP contribution in [0.15, 0.2) is 42.5 Å². The molecule has 1 fully saturated rings. The third-order valence-corrected chi connectivity index (χ3v) is 6.15. The van der Waals surface area contributed by atoms with E-state index in [2.05, 4.69) is 21.8 Å². The fourth-order valence-electron chi connectivity index (χ4n) is 4.53. The highest BCUT2D eigenvalue weighted by Gasteiger charge is 2.34. The van der Waals surface area contributed by atoms with E-state index in [1.807, 2.05) is 24.3 Å². The molecule has 9 heteroatoms. The number of hydrogen-bond donors (Lipinski definition) is 1. The van der Waals surface area contributed by atoms with E-state index in [4.69, 9.17) is 0 Å². The second kappa shape index (κ2) is 9.40. The molecular formula is C24H27N5O4. The maximum absolute atomic E-state index is 13.0. The molecule has 33 heavy (non-hydrogen) atoms. The summed E-state index contributed by atoms with van der Waals surface area (Å²) < 4.78 is 2.14. The lowest BCUT2D eigenvalue weighted by Crippen LogP contribution is -2.46. The van der Waals surface area contributed by atoms with Crippen molar-refractivity contribution in [2.75, 3.05) is 13.1 Å². The van der Waals surface area contributed by atoms with Gasteiger partial charge in [-0.3, -0.25) is 19.7 Å². The maximum atomic E-state index is 13.0. The smallest absolute Gasteiger partial charge is 0.272 e. The molecule has 1 N–H and O–H groups in total. The first-order chi connectivity index (χ1) is 15.9. The third-order valence-electron chi connectivity index (χ3n) is 6.15. The molecule has 0 spiro atoms. The number of carbonyl (C=O) groups excluding carboxylic acids is 2. The van der Waals surface area contributed by atoms with E-state index in [1.165, 1.54) is 18.2 Å². The molecule has 1 aliphatic heterocycles. The number of aryl methyl sites for hydroxylation is 2. The van der Waals surface area contributed by atoms with Crippen molar-refractivity contribution in [2.24, 2.45) is 0 Å². The van der Waals surface area contributed by atoms with Crippen molar-refractivity contribution >= 4 is 28.5 Å². The minimum Gasteiger partial charge on any atom is -0.354 e. The Labute approximate surface area is 191 Å². The van der Waals surface area contributed by atoms with E-state index < -0.39 is 11.0 Å². The van der Waals surface area contributed by atoms with Crippen molar-refractivity contribution in [2.45, 2.75) is 45.7 Å². The van der Waals surface area contributed by atoms with Crippen LogP contribution in [0.3, 0.4) is 0 Å². The minimum atomic E-state index is -0.544. The van der Waals surface area contributed by atoms with Gasteiger partial charge in [0.1, 0.15) is 11.9 Å². The SMILES string of the molecule is CCn1c(CCNC(=O)C2CCCN2C(=O)c2ccc([N+](=O)[O-])c(C)c2)nc2ccccc21. The number of nitrogens with zero attached hydrogens (tertiary/aromatic N) is 4. The highest BCUT2D eigenvalue weighted by atomic mass is 16.6. The number of nitrogens with one attached hydrogen (secondary N) is 1. The number of likely N-dealkylation sites (tertiary alicyclic amines) is 1. The number of rotatable bonds is 7. The Kier molecular flexibility index (Phi) is 6.39. The van der Waals surface area contributed by atoms with Gasteiger partial charge in [-0.1, -0.05) is 12.1 Å². The molecule has 4 rings (SSSR count). The number of imidazole rings is 1. The van der Waals surface area contributed by atoms with Gasteiger partial charge in [-0.2, -0.15) is 0 Å². The molecule has 3 aromatic rings. The summed E-state index contributed by atoms with van der Waals surface area (Å²) in [6.45, 7) is 5.38. The van der Waals surface area contributed by atoms with E-state index >= 15 is 0 Å². The van der Waals surface area contributed by atoms with Gasteiger partial charge in [0.05, 0.1) is 16.0 Å². The molecule has 2 heterocycles. The predicted molar refractivity (Wildman–Crippen MR) is 124 cm³/mol. The summed E-state index contributed by atoms with van der Waals surface area (Å²) in [6.07, 6.45) is 1.93. The molecule has 1 saturated heterocycles. The molecule has 0 radical (unpaired) electrons. The minimum absolute atomic E-state index is 0.0274. The normalized spacial score (nSPS) is 15.7. The van der Waals surface area contributed by atoms with Crippen LogP contribution in [0.4, 0.5) is 5.69 Å². The van der Waals surface area contributed by atoms with Gasteiger partial charge >= 0.3 is 0 Å². The zero-order valence-corrected chi connectivity index (χ0v) is 18.8. The summed E-state index contributed by atoms with van der Waals surface area (Å²) in [6, 6.07) is 11.7. The molecule has 9 nitrogen and oxygen atoms in total. The quantitative estimate of drug-likeness (QED) is 0.440. The highest BCUT2D eigenvalue weighted by molar-refractivity contribution is 5.98. The van der Waals surface area contributed by atoms with Crippen molar-refractivity contribution in [3.8, 4) is 0 Å². The second-order valence-corrected chi connectivity index (χ2v) is 8.22. The number of fused-ring (bicyclic) bond motifs is 1. The van der Waals surface area contributed by atoms with Gasteiger partial charge < -0.3 is 14.8 Å². The first-order valence-electron chi connectivity index (χ1n) is 11.2. The van der Waals surface area contributed by atoms with Crippen LogP contribution in [0, 0.1) is 17.0 Å². The number of para-hydroxylation sites is 2. The molecule has 2 amide bonds. The summed E-state index contributed by atoms with van der Waals surface area (Å²) in [4.78, 5) is 42.8. The van der Waals surface area contributed by atoms with Crippen molar-refractivity contribution < 1.29 is 14.5 Å². The molecule has 1 aliphatic rings. The lowest BCUT2D eigenvalue weighted by molar-refractivity contribution is -0.385. The summed E-state index contributed by atoms with van der Waals surface area (Å²) in [7, 11) is 0. The lowest BCUT2D eigenvalue weighted by Gasteiger charge is -2.24. The summed E-state index contributed by atoms with van der Waals surface area (Å²) in [5, 5.41) is 14.0. The molecule has 1 atom stereocenters. The number of nitro benzene ring substituents is 1. The average molecular weight is 450 g/mol. The Bertz CT molecular complexity index is 1220. The molecule has 172 valence electrons. The van der Waals surface area contributed by atoms with Gasteiger partial charge in [-0.25, -0.2) is 4.98 Å². The van der Waals surface area contributed by atoms with Crippen LogP contribution in [0.1, 0.15) is 41.5 Å². The third kappa shape index (κ3) is 4.44. The molecular weight excluding hydrogens is 422 g/mol. The maximum Gasteiger partial charge on any atom is 0.272 e. The topological polar surface area (TPSA) is 110 Å². The number of benzene rings is 2. The van der Waals surface area contributed by atoms with Crippen molar-refractivity contribution in [3.63, 3.8) is 0 Å². The van der Waals surface area contributed by atoms with Gasteiger partial charge in [0.2, 0.25) is 5.91 Å². The second-order valence-electron chi connectivity index (χ2n) is 8.22. The largest absolute Gasteiger partial charge is 0.354 e. The average Bonchev–Trinajstić information content (AvgIpc) is 3.42. The monoisotopic (exact) mass is 449 g/mol. The van der Waals surface area contributed by atoms with Crippen LogP contribution in [-0.4, -0.2) is 50.3 Å². The summed E-state index contributed by atoms with van der Waals surface area (Å²) in [5.41, 5.74) is 2.76. The Morgan fingerprint density at radius 2 is 2.03 bits per heavy atom. The molecule has 0 bridgehead atoms. The van der Waals surface area contributed by atoms with E-state index in [0.717, 1.165) is 29.8 Å². The summed E-state index contributed by atoms with van der Waals surface area (Å²) >= 11 is 0. The first kappa shape index (κ1) is 22.4. The van der Waals surface area contributed by atoms with Crippen molar-refractivity contribution in [3.05, 3.63) is 69.5 Å². The predicted octanol–water partition coefficient (Wildman–Crippen LogP) is 3.24. The lowest BCUT2D eigenvalue weighted by atomic mass is 10.1. The Balaban J connectivity index is 1.41. The Morgan fingerprint density at radius 1 is 1.24 bits per heavy atom. The van der Waals surface area contributed by atoms with Crippen molar-refractivity contribution in [1.29, 1.82) is 0 Å². The van der Waals surface area contributed by atoms with Gasteiger partial charge in [0, 0.05) is 43.2 Å². The molecule has 0 saturated carbocycles. The van der Waals surface area contributed by atoms with E-state index in [0.29, 0.717) is 37.1 Å². The Hall–Kier alpha value is -3.75. The van der Waals surface area contributed by atoms with Crippen LogP contribution in [0.2, 0.25) is 0 Å². The number of hydrogen-bond acceptors (Lipinski definition) is 5. The van der Waals surface area contributed by atoms with Gasteiger partial charge in [0.25, 0.3) is 11.6 Å². The first-order valence-corrected chi connectivity index (χ1v) is 11.2. The number of nitro groups is 1. The fourth-order valence-corrected chi connectivity index (χ4v) is 4.53. The fraction of sp³-hybridized carbons (Fsp3) is 0.375. The molecule has 1 aromatic heterocycles. The zero-order valence-electron chi connectivity index (χ0n) is 18.8. The van der Waals surface area contributed by atoms with Crippen LogP contribution in [-0.2, 0) is 17.8 Å². The highest BCUT2D eigenvalue weighted by Crippen LogP contribution is 2.24. The van der Waals surface area contributed by atoms with Gasteiger partial charge in [-0.15, -0.1) is 0 Å². The molecule has 2 aromatic carbocycles. The van der Waals surface area contributed by atoms with Crippen LogP contribution in [0.5, 0.6) is 0 Å². The zero-order chi connectivity index (χ0) is 23.5. The molecule has 1 unspecified atom stereocenters. The van der Waals surface area contributed by atoms with E-state index in [9.17, 15) is 19.7 Å². The van der Waals surface area contributed by atoms with Crippen molar-refractivity contribution in [1.82, 2.24) is 19.8 Å². The van der Waals surface area contributed by atoms with Crippen LogP contribution in [0.25, 0.3) is 11.0 Å². The van der Waals surface area contributed by atoms with Crippen LogP contribution >= 0.6 is 0 Å². The number of aromatic nitrogens is 2. The summed E-state index contributed by atoms with van der Waals surface area (Å²) in [5.74, 6) is 0.455. The molecule has 0 aliphatic carbocycles. The standard InChI is InChI=1S/C24H27N5O4/c1-3-27-20-8-5-4-7-18(20)26-22(27)12-13-25-23(30)21-9-6-14-28(21)24(31)17-10-11-19(29(32)33)16(2)15-17/h4-5,7-8,10-11,15,21H,3,6,9,12-14H2,1-2H3,(H,25,30). The van der Waals surface area contributed by atoms with Gasteiger partial charge in [-0.05, 0) is 51.0 Å². The Morgan fingerprint density at radius 3 is 2.76 bits per heavy atom. The van der Waals surface area contributed by atoms with Crippen LogP contribution < -0.4 is 5.32 Å². The van der Waals surface area contributed by atoms with Gasteiger partial charge in [0.15, 0.2) is 0 Å². The van der Waals surface area contributed by atoms with E-state index in [1.54, 1.807) is 11.8 Å².